The van der Waals surface area contributed by atoms with Gasteiger partial charge < -0.3 is 16.2 Å². The fourth-order valence-corrected chi connectivity index (χ4v) is 4.01. The van der Waals surface area contributed by atoms with E-state index in [-0.39, 0.29) is 12.5 Å². The molecule has 0 aliphatic rings. The molecule has 0 aliphatic carbocycles. The van der Waals surface area contributed by atoms with E-state index in [4.69, 9.17) is 10.8 Å². The summed E-state index contributed by atoms with van der Waals surface area (Å²) < 4.78 is 1.96. The van der Waals surface area contributed by atoms with Crippen molar-refractivity contribution < 1.29 is 9.90 Å². The Bertz CT molecular complexity index is 631. The van der Waals surface area contributed by atoms with Crippen LogP contribution in [0.4, 0.5) is 5.69 Å². The molecule has 0 saturated heterocycles. The number of nitrogens with two attached hydrogens (primary N) is 1. The lowest BCUT2D eigenvalue weighted by molar-refractivity contribution is 0.0961. The molecule has 0 fully saturated rings. The Hall–Kier alpha value is -0.760. The predicted molar refractivity (Wildman–Crippen MR) is 95.3 cm³/mol. The lowest BCUT2D eigenvalue weighted by atomic mass is 10.2. The maximum atomic E-state index is 12.2. The van der Waals surface area contributed by atoms with Crippen molar-refractivity contribution in [1.82, 2.24) is 5.32 Å². The van der Waals surface area contributed by atoms with E-state index < -0.39 is 0 Å². The van der Waals surface area contributed by atoms with Crippen LogP contribution in [0.3, 0.4) is 0 Å². The summed E-state index contributed by atoms with van der Waals surface area (Å²) in [5.41, 5.74) is 6.62. The number of thioether (sulfide) groups is 1. The Morgan fingerprint density at radius 3 is 3.00 bits per heavy atom. The van der Waals surface area contributed by atoms with E-state index in [0.29, 0.717) is 17.1 Å². The smallest absolute Gasteiger partial charge is 0.263 e. The van der Waals surface area contributed by atoms with Crippen molar-refractivity contribution in [2.45, 2.75) is 6.42 Å². The summed E-state index contributed by atoms with van der Waals surface area (Å²) in [4.78, 5) is 12.7. The number of benzene rings is 1. The molecule has 1 heterocycles. The minimum atomic E-state index is -0.118. The number of thiophene rings is 1. The van der Waals surface area contributed by atoms with Gasteiger partial charge in [-0.25, -0.2) is 0 Å². The van der Waals surface area contributed by atoms with Crippen LogP contribution in [0, 0.1) is 0 Å². The van der Waals surface area contributed by atoms with Crippen LogP contribution in [0.5, 0.6) is 0 Å². The first-order valence-electron chi connectivity index (χ1n) is 6.58. The second-order valence-electron chi connectivity index (χ2n) is 4.43. The van der Waals surface area contributed by atoms with Gasteiger partial charge in [-0.15, -0.1) is 11.3 Å². The second-order valence-corrected chi connectivity index (χ2v) is 7.62. The molecule has 7 heteroatoms. The van der Waals surface area contributed by atoms with Gasteiger partial charge in [0.25, 0.3) is 5.91 Å². The summed E-state index contributed by atoms with van der Waals surface area (Å²) >= 11 is 6.55. The summed E-state index contributed by atoms with van der Waals surface area (Å²) in [7, 11) is 0. The molecule has 21 heavy (non-hydrogen) atoms. The molecule has 0 spiro atoms. The first-order chi connectivity index (χ1) is 10.1. The van der Waals surface area contributed by atoms with Gasteiger partial charge in [0.15, 0.2) is 0 Å². The topological polar surface area (TPSA) is 75.4 Å². The zero-order chi connectivity index (χ0) is 15.2. The van der Waals surface area contributed by atoms with Gasteiger partial charge in [0.05, 0.1) is 5.69 Å². The van der Waals surface area contributed by atoms with Crippen molar-refractivity contribution in [2.75, 3.05) is 30.4 Å². The van der Waals surface area contributed by atoms with Gasteiger partial charge in [-0.3, -0.25) is 4.79 Å². The number of hydrogen-bond acceptors (Lipinski definition) is 5. The maximum absolute atomic E-state index is 12.2. The van der Waals surface area contributed by atoms with Gasteiger partial charge in [0.1, 0.15) is 4.88 Å². The number of fused-ring (bicyclic) bond motifs is 1. The number of hydrogen-bond donors (Lipinski definition) is 3. The summed E-state index contributed by atoms with van der Waals surface area (Å²) in [6.07, 6.45) is 0.788. The zero-order valence-electron chi connectivity index (χ0n) is 11.4. The van der Waals surface area contributed by atoms with Crippen LogP contribution in [0.15, 0.2) is 22.7 Å². The first-order valence-corrected chi connectivity index (χ1v) is 9.34. The number of aliphatic hydroxyl groups is 1. The molecule has 2 rings (SSSR count). The summed E-state index contributed by atoms with van der Waals surface area (Å²) in [6.45, 7) is 0.819. The molecule has 1 amide bonds. The highest BCUT2D eigenvalue weighted by atomic mass is 79.9. The average molecular weight is 389 g/mol. The van der Waals surface area contributed by atoms with E-state index >= 15 is 0 Å². The molecule has 4 N–H and O–H groups in total. The molecular weight excluding hydrogens is 372 g/mol. The third-order valence-corrected chi connectivity index (χ3v) is 5.62. The van der Waals surface area contributed by atoms with Gasteiger partial charge in [-0.1, -0.05) is 15.9 Å². The van der Waals surface area contributed by atoms with Crippen molar-refractivity contribution in [1.29, 1.82) is 0 Å². The second kappa shape index (κ2) is 8.03. The largest absolute Gasteiger partial charge is 0.397 e. The fraction of sp³-hybridized carbons (Fsp3) is 0.357. The average Bonchev–Trinajstić information content (AvgIpc) is 2.79. The number of halogens is 1. The molecule has 4 nitrogen and oxygen atoms in total. The van der Waals surface area contributed by atoms with E-state index in [1.165, 1.54) is 11.3 Å². The standard InChI is InChI=1S/C14H17BrN2O2S2/c15-9-2-3-11-10(8-9)12(16)13(21-11)14(19)17-4-7-20-6-1-5-18/h2-3,8,18H,1,4-7,16H2,(H,17,19). The zero-order valence-corrected chi connectivity index (χ0v) is 14.6. The van der Waals surface area contributed by atoms with Crippen LogP contribution in [0.25, 0.3) is 10.1 Å². The lowest BCUT2D eigenvalue weighted by Crippen LogP contribution is -2.25. The molecule has 114 valence electrons. The summed E-state index contributed by atoms with van der Waals surface area (Å²) in [5.74, 6) is 1.63. The van der Waals surface area contributed by atoms with Crippen LogP contribution in [0.1, 0.15) is 16.1 Å². The van der Waals surface area contributed by atoms with Gasteiger partial charge >= 0.3 is 0 Å². The fourth-order valence-electron chi connectivity index (χ4n) is 1.84. The molecule has 0 saturated carbocycles. The Morgan fingerprint density at radius 1 is 1.43 bits per heavy atom. The minimum absolute atomic E-state index is 0.118. The molecule has 0 bridgehead atoms. The van der Waals surface area contributed by atoms with Crippen LogP contribution < -0.4 is 11.1 Å². The third-order valence-electron chi connectivity index (χ3n) is 2.87. The van der Waals surface area contributed by atoms with Crippen molar-refractivity contribution >= 4 is 60.7 Å². The minimum Gasteiger partial charge on any atom is -0.397 e. The molecular formula is C14H17BrN2O2S2. The molecule has 1 aromatic carbocycles. The van der Waals surface area contributed by atoms with Gasteiger partial charge in [-0.2, -0.15) is 11.8 Å². The lowest BCUT2D eigenvalue weighted by Gasteiger charge is -2.04. The number of amides is 1. The Balaban J connectivity index is 1.95. The highest BCUT2D eigenvalue weighted by Crippen LogP contribution is 2.35. The summed E-state index contributed by atoms with van der Waals surface area (Å²) in [5, 5.41) is 12.5. The van der Waals surface area contributed by atoms with Crippen LogP contribution in [-0.4, -0.2) is 35.7 Å². The number of anilines is 1. The quantitative estimate of drug-likeness (QED) is 0.637. The maximum Gasteiger partial charge on any atom is 0.263 e. The van der Waals surface area contributed by atoms with E-state index in [0.717, 1.165) is 32.5 Å². The van der Waals surface area contributed by atoms with Crippen LogP contribution in [-0.2, 0) is 0 Å². The predicted octanol–water partition coefficient (Wildman–Crippen LogP) is 3.09. The number of nitrogen functional groups attached to an aromatic ring is 1. The van der Waals surface area contributed by atoms with E-state index in [9.17, 15) is 4.79 Å². The van der Waals surface area contributed by atoms with Crippen molar-refractivity contribution in [2.24, 2.45) is 0 Å². The van der Waals surface area contributed by atoms with Crippen LogP contribution in [0.2, 0.25) is 0 Å². The monoisotopic (exact) mass is 388 g/mol. The molecule has 1 aromatic heterocycles. The molecule has 0 aliphatic heterocycles. The Kier molecular flexibility index (Phi) is 6.35. The summed E-state index contributed by atoms with van der Waals surface area (Å²) in [6, 6.07) is 5.84. The highest BCUT2D eigenvalue weighted by Gasteiger charge is 2.16. The normalized spacial score (nSPS) is 11.0. The Morgan fingerprint density at radius 2 is 2.24 bits per heavy atom. The third kappa shape index (κ3) is 4.35. The van der Waals surface area contributed by atoms with E-state index in [2.05, 4.69) is 21.2 Å². The number of carbonyl (C=O) groups is 1. The molecule has 0 unspecified atom stereocenters. The SMILES string of the molecule is Nc1c(C(=O)NCCSCCCO)sc2ccc(Br)cc12. The van der Waals surface area contributed by atoms with Gasteiger partial charge in [-0.05, 0) is 30.4 Å². The highest BCUT2D eigenvalue weighted by molar-refractivity contribution is 9.10. The number of aliphatic hydroxyl groups excluding tert-OH is 1. The number of rotatable bonds is 7. The van der Waals surface area contributed by atoms with E-state index in [1.54, 1.807) is 11.8 Å². The first kappa shape index (κ1) is 16.6. The van der Waals surface area contributed by atoms with Crippen LogP contribution >= 0.6 is 39.0 Å². The van der Waals surface area contributed by atoms with Gasteiger partial charge in [0, 0.05) is 33.5 Å². The van der Waals surface area contributed by atoms with Crippen molar-refractivity contribution in [3.63, 3.8) is 0 Å². The Labute approximate surface area is 140 Å². The van der Waals surface area contributed by atoms with E-state index in [1.807, 2.05) is 18.2 Å². The molecule has 2 aromatic rings. The van der Waals surface area contributed by atoms with Crippen molar-refractivity contribution in [3.8, 4) is 0 Å². The molecule has 0 atom stereocenters. The molecule has 0 radical (unpaired) electrons. The van der Waals surface area contributed by atoms with Gasteiger partial charge in [0.2, 0.25) is 0 Å². The number of nitrogens with one attached hydrogen (secondary N) is 1. The number of carbonyl (C=O) groups excluding carboxylic acids is 1. The van der Waals surface area contributed by atoms with Crippen molar-refractivity contribution in [3.05, 3.63) is 27.5 Å².